The summed E-state index contributed by atoms with van der Waals surface area (Å²) >= 11 is 8.90. The van der Waals surface area contributed by atoms with Gasteiger partial charge in [-0.1, -0.05) is 28.5 Å². The Balaban J connectivity index is 2.02. The molecule has 0 amide bonds. The van der Waals surface area contributed by atoms with Crippen molar-refractivity contribution >= 4 is 45.9 Å². The minimum Gasteiger partial charge on any atom is -0.411 e. The zero-order valence-corrected chi connectivity index (χ0v) is 11.9. The Hall–Kier alpha value is -1.50. The molecule has 3 aromatic rings. The second kappa shape index (κ2) is 5.24. The van der Waals surface area contributed by atoms with Crippen molar-refractivity contribution in [1.82, 2.24) is 9.38 Å². The van der Waals surface area contributed by atoms with Gasteiger partial charge >= 0.3 is 0 Å². The molecule has 0 aliphatic rings. The lowest BCUT2D eigenvalue weighted by molar-refractivity contribution is 0.321. The molecule has 0 radical (unpaired) electrons. The highest BCUT2D eigenvalue weighted by Crippen LogP contribution is 2.31. The lowest BCUT2D eigenvalue weighted by atomic mass is 10.4. The van der Waals surface area contributed by atoms with E-state index in [1.165, 1.54) is 29.3 Å². The van der Waals surface area contributed by atoms with Crippen molar-refractivity contribution in [1.29, 1.82) is 0 Å². The molecule has 7 heteroatoms. The molecule has 0 saturated carbocycles. The van der Waals surface area contributed by atoms with Crippen LogP contribution in [0.15, 0.2) is 50.9 Å². The van der Waals surface area contributed by atoms with Crippen molar-refractivity contribution in [3.05, 3.63) is 46.6 Å². The van der Waals surface area contributed by atoms with E-state index < -0.39 is 0 Å². The summed E-state index contributed by atoms with van der Waals surface area (Å²) in [6.07, 6.45) is 3.29. The van der Waals surface area contributed by atoms with Gasteiger partial charge in [-0.2, -0.15) is 0 Å². The standard InChI is InChI=1S/C12H8ClN3OS2/c13-8-1-3-9(4-2-8)19-11-10(7-14-17)16-5-6-18-12(16)15-11/h1-7,17H/b14-7+. The van der Waals surface area contributed by atoms with Gasteiger partial charge in [0.2, 0.25) is 0 Å². The minimum absolute atomic E-state index is 0.701. The van der Waals surface area contributed by atoms with E-state index in [2.05, 4.69) is 10.1 Å². The number of benzene rings is 1. The van der Waals surface area contributed by atoms with Gasteiger partial charge < -0.3 is 5.21 Å². The summed E-state index contributed by atoms with van der Waals surface area (Å²) in [5.41, 5.74) is 0.763. The van der Waals surface area contributed by atoms with Crippen LogP contribution in [-0.2, 0) is 0 Å². The fourth-order valence-electron chi connectivity index (χ4n) is 1.64. The van der Waals surface area contributed by atoms with Gasteiger partial charge in [-0.3, -0.25) is 4.40 Å². The van der Waals surface area contributed by atoms with Gasteiger partial charge in [-0.25, -0.2) is 4.98 Å². The van der Waals surface area contributed by atoms with Crippen molar-refractivity contribution in [2.24, 2.45) is 5.16 Å². The number of fused-ring (bicyclic) bond motifs is 1. The third kappa shape index (κ3) is 2.47. The summed E-state index contributed by atoms with van der Waals surface area (Å²) in [6, 6.07) is 7.53. The van der Waals surface area contributed by atoms with Gasteiger partial charge in [0.25, 0.3) is 0 Å². The average molecular weight is 310 g/mol. The summed E-state index contributed by atoms with van der Waals surface area (Å²) in [6.45, 7) is 0. The SMILES string of the molecule is O/N=C/c1c(Sc2ccc(Cl)cc2)nc2sccn12. The van der Waals surface area contributed by atoms with Crippen LogP contribution < -0.4 is 0 Å². The molecule has 0 saturated heterocycles. The number of thiazole rings is 1. The number of nitrogens with zero attached hydrogens (tertiary/aromatic N) is 3. The van der Waals surface area contributed by atoms with Gasteiger partial charge in [0, 0.05) is 21.5 Å². The van der Waals surface area contributed by atoms with Gasteiger partial charge in [-0.15, -0.1) is 11.3 Å². The molecule has 1 aromatic carbocycles. The predicted molar refractivity (Wildman–Crippen MR) is 78.0 cm³/mol. The summed E-state index contributed by atoms with van der Waals surface area (Å²) in [5, 5.41) is 15.3. The maximum Gasteiger partial charge on any atom is 0.195 e. The molecule has 0 spiro atoms. The Morgan fingerprint density at radius 1 is 1.37 bits per heavy atom. The van der Waals surface area contributed by atoms with Crippen LogP contribution in [0.3, 0.4) is 0 Å². The Morgan fingerprint density at radius 3 is 2.89 bits per heavy atom. The van der Waals surface area contributed by atoms with Gasteiger partial charge in [0.1, 0.15) is 10.7 Å². The van der Waals surface area contributed by atoms with Gasteiger partial charge in [0.05, 0.1) is 6.21 Å². The van der Waals surface area contributed by atoms with Crippen molar-refractivity contribution in [2.45, 2.75) is 9.92 Å². The maximum absolute atomic E-state index is 8.77. The van der Waals surface area contributed by atoms with Crippen molar-refractivity contribution in [3.63, 3.8) is 0 Å². The zero-order chi connectivity index (χ0) is 13.2. The highest BCUT2D eigenvalue weighted by Gasteiger charge is 2.13. The van der Waals surface area contributed by atoms with E-state index in [9.17, 15) is 0 Å². The number of oxime groups is 1. The van der Waals surface area contributed by atoms with Crippen LogP contribution in [0.5, 0.6) is 0 Å². The smallest absolute Gasteiger partial charge is 0.195 e. The van der Waals surface area contributed by atoms with Crippen LogP contribution in [0.1, 0.15) is 5.69 Å². The molecule has 2 aromatic heterocycles. The first-order valence-corrected chi connectivity index (χ1v) is 7.42. The molecule has 0 aliphatic heterocycles. The van der Waals surface area contributed by atoms with E-state index in [1.54, 1.807) is 0 Å². The fourth-order valence-corrected chi connectivity index (χ4v) is 3.43. The number of hydrogen-bond acceptors (Lipinski definition) is 5. The molecule has 4 nitrogen and oxygen atoms in total. The minimum atomic E-state index is 0.701. The molecule has 0 aliphatic carbocycles. The molecule has 0 bridgehead atoms. The van der Waals surface area contributed by atoms with E-state index in [-0.39, 0.29) is 0 Å². The van der Waals surface area contributed by atoms with Gasteiger partial charge in [0.15, 0.2) is 4.96 Å². The number of rotatable bonds is 3. The van der Waals surface area contributed by atoms with E-state index in [0.717, 1.165) is 20.6 Å². The normalized spacial score (nSPS) is 11.6. The summed E-state index contributed by atoms with van der Waals surface area (Å²) < 4.78 is 1.89. The Labute approximate surface area is 122 Å². The molecule has 1 N–H and O–H groups in total. The Kier molecular flexibility index (Phi) is 3.46. The first-order valence-electron chi connectivity index (χ1n) is 5.34. The first kappa shape index (κ1) is 12.5. The number of imidazole rings is 1. The third-order valence-corrected chi connectivity index (χ3v) is 4.48. The number of hydrogen-bond donors (Lipinski definition) is 1. The van der Waals surface area contributed by atoms with Crippen molar-refractivity contribution in [3.8, 4) is 0 Å². The van der Waals surface area contributed by atoms with E-state index in [1.807, 2.05) is 40.2 Å². The third-order valence-electron chi connectivity index (χ3n) is 2.47. The van der Waals surface area contributed by atoms with Crippen molar-refractivity contribution in [2.75, 3.05) is 0 Å². The van der Waals surface area contributed by atoms with Crippen LogP contribution in [0, 0.1) is 0 Å². The van der Waals surface area contributed by atoms with Crippen LogP contribution >= 0.6 is 34.7 Å². The lowest BCUT2D eigenvalue weighted by Gasteiger charge is -1.99. The van der Waals surface area contributed by atoms with E-state index in [0.29, 0.717) is 5.02 Å². The molecule has 96 valence electrons. The monoisotopic (exact) mass is 309 g/mol. The molecule has 0 fully saturated rings. The summed E-state index contributed by atoms with van der Waals surface area (Å²) in [5.74, 6) is 0. The summed E-state index contributed by atoms with van der Waals surface area (Å²) in [7, 11) is 0. The first-order chi connectivity index (χ1) is 9.28. The largest absolute Gasteiger partial charge is 0.411 e. The molecule has 3 rings (SSSR count). The van der Waals surface area contributed by atoms with Crippen LogP contribution in [0.4, 0.5) is 0 Å². The highest BCUT2D eigenvalue weighted by molar-refractivity contribution is 7.99. The van der Waals surface area contributed by atoms with Crippen LogP contribution in [-0.4, -0.2) is 20.8 Å². The lowest BCUT2D eigenvalue weighted by Crippen LogP contribution is -1.89. The van der Waals surface area contributed by atoms with Crippen molar-refractivity contribution < 1.29 is 5.21 Å². The second-order valence-corrected chi connectivity index (χ2v) is 6.03. The summed E-state index contributed by atoms with van der Waals surface area (Å²) in [4.78, 5) is 6.42. The van der Waals surface area contributed by atoms with Crippen LogP contribution in [0.2, 0.25) is 5.02 Å². The molecular formula is C12H8ClN3OS2. The zero-order valence-electron chi connectivity index (χ0n) is 9.52. The molecule has 19 heavy (non-hydrogen) atoms. The van der Waals surface area contributed by atoms with E-state index >= 15 is 0 Å². The van der Waals surface area contributed by atoms with Gasteiger partial charge in [-0.05, 0) is 24.3 Å². The maximum atomic E-state index is 8.77. The topological polar surface area (TPSA) is 49.9 Å². The average Bonchev–Trinajstić information content (AvgIpc) is 2.96. The molecule has 0 atom stereocenters. The second-order valence-electron chi connectivity index (χ2n) is 3.66. The Bertz CT molecular complexity index is 733. The highest BCUT2D eigenvalue weighted by atomic mass is 35.5. The number of halogens is 1. The predicted octanol–water partition coefficient (Wildman–Crippen LogP) is 4.01. The quantitative estimate of drug-likeness (QED) is 0.452. The fraction of sp³-hybridized carbons (Fsp3) is 0. The van der Waals surface area contributed by atoms with Crippen LogP contribution in [0.25, 0.3) is 4.96 Å². The molecular weight excluding hydrogens is 302 g/mol. The van der Waals surface area contributed by atoms with E-state index in [4.69, 9.17) is 16.8 Å². The molecule has 2 heterocycles. The Morgan fingerprint density at radius 2 is 2.16 bits per heavy atom. The number of aromatic nitrogens is 2. The molecule has 0 unspecified atom stereocenters.